The van der Waals surface area contributed by atoms with Crippen LogP contribution < -0.4 is 4.74 Å². The van der Waals surface area contributed by atoms with Gasteiger partial charge in [-0.1, -0.05) is 61.2 Å². The summed E-state index contributed by atoms with van der Waals surface area (Å²) in [6, 6.07) is 16.7. The fourth-order valence-electron chi connectivity index (χ4n) is 2.19. The SMILES string of the molecule is C=C(C)C(=O)OCC(O)COc1ccc(C=CC(=O)C=Cc2ccccc2)cc1. The van der Waals surface area contributed by atoms with Crippen molar-refractivity contribution in [2.24, 2.45) is 0 Å². The van der Waals surface area contributed by atoms with Gasteiger partial charge < -0.3 is 14.6 Å². The Morgan fingerprint density at radius 2 is 1.55 bits per heavy atom. The topological polar surface area (TPSA) is 72.8 Å². The molecular formula is C24H24O5. The first-order valence-electron chi connectivity index (χ1n) is 9.13. The van der Waals surface area contributed by atoms with Crippen LogP contribution in [0.3, 0.4) is 0 Å². The predicted molar refractivity (Wildman–Crippen MR) is 113 cm³/mol. The number of carbonyl (C=O) groups is 2. The molecule has 0 radical (unpaired) electrons. The van der Waals surface area contributed by atoms with E-state index in [0.29, 0.717) is 5.75 Å². The van der Waals surface area contributed by atoms with Crippen molar-refractivity contribution in [3.8, 4) is 5.75 Å². The molecule has 0 heterocycles. The third-order valence-corrected chi connectivity index (χ3v) is 3.76. The van der Waals surface area contributed by atoms with E-state index >= 15 is 0 Å². The quantitative estimate of drug-likeness (QED) is 0.491. The summed E-state index contributed by atoms with van der Waals surface area (Å²) in [6.45, 7) is 4.83. The molecule has 0 saturated carbocycles. The molecule has 0 bridgehead atoms. The van der Waals surface area contributed by atoms with E-state index in [1.807, 2.05) is 30.3 Å². The first-order valence-corrected chi connectivity index (χ1v) is 9.13. The molecule has 0 fully saturated rings. The fraction of sp³-hybridized carbons (Fsp3) is 0.167. The zero-order chi connectivity index (χ0) is 21.1. The van der Waals surface area contributed by atoms with Crippen molar-refractivity contribution in [2.45, 2.75) is 13.0 Å². The number of aliphatic hydroxyl groups is 1. The van der Waals surface area contributed by atoms with Crippen LogP contribution in [-0.2, 0) is 14.3 Å². The van der Waals surface area contributed by atoms with Crippen molar-refractivity contribution in [1.82, 2.24) is 0 Å². The summed E-state index contributed by atoms with van der Waals surface area (Å²) >= 11 is 0. The van der Waals surface area contributed by atoms with Gasteiger partial charge in [0.1, 0.15) is 25.1 Å². The molecule has 0 amide bonds. The molecule has 150 valence electrons. The normalized spacial score (nSPS) is 12.1. The average molecular weight is 392 g/mol. The van der Waals surface area contributed by atoms with Crippen LogP contribution >= 0.6 is 0 Å². The molecule has 0 spiro atoms. The van der Waals surface area contributed by atoms with Gasteiger partial charge in [-0.25, -0.2) is 4.79 Å². The largest absolute Gasteiger partial charge is 0.491 e. The number of aliphatic hydroxyl groups excluding tert-OH is 1. The highest BCUT2D eigenvalue weighted by molar-refractivity contribution is 6.04. The minimum atomic E-state index is -0.938. The number of allylic oxidation sites excluding steroid dienone is 2. The summed E-state index contributed by atoms with van der Waals surface area (Å²) in [6.07, 6.45) is 5.56. The number of hydrogen-bond acceptors (Lipinski definition) is 5. The molecule has 0 aliphatic rings. The van der Waals surface area contributed by atoms with Gasteiger partial charge >= 0.3 is 5.97 Å². The lowest BCUT2D eigenvalue weighted by Gasteiger charge is -2.13. The summed E-state index contributed by atoms with van der Waals surface area (Å²) in [5, 5.41) is 9.79. The Morgan fingerprint density at radius 1 is 0.966 bits per heavy atom. The van der Waals surface area contributed by atoms with Gasteiger partial charge in [-0.2, -0.15) is 0 Å². The number of esters is 1. The second-order valence-electron chi connectivity index (χ2n) is 6.39. The highest BCUT2D eigenvalue weighted by Gasteiger charge is 2.10. The number of rotatable bonds is 10. The van der Waals surface area contributed by atoms with E-state index < -0.39 is 12.1 Å². The van der Waals surface area contributed by atoms with Gasteiger partial charge in [-0.3, -0.25) is 4.79 Å². The van der Waals surface area contributed by atoms with E-state index in [1.54, 1.807) is 36.4 Å². The Balaban J connectivity index is 1.78. The van der Waals surface area contributed by atoms with E-state index in [-0.39, 0.29) is 24.6 Å². The molecule has 2 aromatic rings. The Labute approximate surface area is 170 Å². The molecule has 0 aliphatic heterocycles. The van der Waals surface area contributed by atoms with Crippen LogP contribution in [0.2, 0.25) is 0 Å². The molecule has 0 saturated heterocycles. The summed E-state index contributed by atoms with van der Waals surface area (Å²) in [5.74, 6) is -0.0994. The first-order chi connectivity index (χ1) is 13.9. The third-order valence-electron chi connectivity index (χ3n) is 3.76. The molecule has 1 unspecified atom stereocenters. The first kappa shape index (κ1) is 21.9. The van der Waals surface area contributed by atoms with Crippen LogP contribution in [0.4, 0.5) is 0 Å². The van der Waals surface area contributed by atoms with Crippen molar-refractivity contribution >= 4 is 23.9 Å². The lowest BCUT2D eigenvalue weighted by Crippen LogP contribution is -2.25. The van der Waals surface area contributed by atoms with E-state index in [0.717, 1.165) is 11.1 Å². The fourth-order valence-corrected chi connectivity index (χ4v) is 2.19. The number of ketones is 1. The molecular weight excluding hydrogens is 368 g/mol. The van der Waals surface area contributed by atoms with E-state index in [4.69, 9.17) is 9.47 Å². The van der Waals surface area contributed by atoms with Crippen molar-refractivity contribution in [3.63, 3.8) is 0 Å². The Bertz CT molecular complexity index is 879. The zero-order valence-electron chi connectivity index (χ0n) is 16.3. The summed E-state index contributed by atoms with van der Waals surface area (Å²) in [4.78, 5) is 23.2. The Kier molecular flexibility index (Phi) is 8.60. The van der Waals surface area contributed by atoms with E-state index in [1.165, 1.54) is 19.1 Å². The molecule has 0 aromatic heterocycles. The molecule has 1 N–H and O–H groups in total. The minimum Gasteiger partial charge on any atom is -0.491 e. The summed E-state index contributed by atoms with van der Waals surface area (Å²) in [5.41, 5.74) is 2.08. The van der Waals surface area contributed by atoms with E-state index in [9.17, 15) is 14.7 Å². The highest BCUT2D eigenvalue weighted by Crippen LogP contribution is 2.14. The monoisotopic (exact) mass is 392 g/mol. The van der Waals surface area contributed by atoms with Crippen LogP contribution in [0.1, 0.15) is 18.1 Å². The maximum absolute atomic E-state index is 11.9. The van der Waals surface area contributed by atoms with Crippen molar-refractivity contribution in [3.05, 3.63) is 90.0 Å². The third kappa shape index (κ3) is 8.41. The second-order valence-corrected chi connectivity index (χ2v) is 6.39. The van der Waals surface area contributed by atoms with Gasteiger partial charge in [-0.15, -0.1) is 0 Å². The number of ether oxygens (including phenoxy) is 2. The summed E-state index contributed by atoms with van der Waals surface area (Å²) in [7, 11) is 0. The Morgan fingerprint density at radius 3 is 2.14 bits per heavy atom. The number of benzene rings is 2. The van der Waals surface area contributed by atoms with Crippen molar-refractivity contribution < 1.29 is 24.2 Å². The number of carbonyl (C=O) groups excluding carboxylic acids is 2. The highest BCUT2D eigenvalue weighted by atomic mass is 16.5. The minimum absolute atomic E-state index is 0.0125. The van der Waals surface area contributed by atoms with Gasteiger partial charge in [-0.05, 0) is 42.3 Å². The standard InChI is InChI=1S/C24H24O5/c1-18(2)24(27)29-17-22(26)16-28-23-14-10-20(11-15-23)9-13-21(25)12-8-19-6-4-3-5-7-19/h3-15,22,26H,1,16-17H2,2H3. The Hall–Kier alpha value is -3.44. The number of hydrogen-bond donors (Lipinski definition) is 1. The molecule has 0 aliphatic carbocycles. The molecule has 2 aromatic carbocycles. The predicted octanol–water partition coefficient (Wildman–Crippen LogP) is 3.84. The van der Waals surface area contributed by atoms with Gasteiger partial charge in [0.2, 0.25) is 0 Å². The van der Waals surface area contributed by atoms with Gasteiger partial charge in [0.05, 0.1) is 0 Å². The molecule has 29 heavy (non-hydrogen) atoms. The molecule has 1 atom stereocenters. The van der Waals surface area contributed by atoms with Crippen LogP contribution in [0.15, 0.2) is 78.9 Å². The zero-order valence-corrected chi connectivity index (χ0v) is 16.3. The van der Waals surface area contributed by atoms with Crippen molar-refractivity contribution in [1.29, 1.82) is 0 Å². The molecule has 5 heteroatoms. The smallest absolute Gasteiger partial charge is 0.333 e. The maximum Gasteiger partial charge on any atom is 0.333 e. The van der Waals surface area contributed by atoms with Gasteiger partial charge in [0.15, 0.2) is 5.78 Å². The molecule has 5 nitrogen and oxygen atoms in total. The summed E-state index contributed by atoms with van der Waals surface area (Å²) < 4.78 is 10.3. The van der Waals surface area contributed by atoms with Crippen LogP contribution in [0.5, 0.6) is 5.75 Å². The average Bonchev–Trinajstić information content (AvgIpc) is 2.74. The maximum atomic E-state index is 11.9. The molecule has 2 rings (SSSR count). The van der Waals surface area contributed by atoms with E-state index in [2.05, 4.69) is 6.58 Å². The van der Waals surface area contributed by atoms with Gasteiger partial charge in [0, 0.05) is 5.57 Å². The second kappa shape index (κ2) is 11.4. The van der Waals surface area contributed by atoms with Crippen LogP contribution in [-0.4, -0.2) is 36.2 Å². The lowest BCUT2D eigenvalue weighted by atomic mass is 10.1. The lowest BCUT2D eigenvalue weighted by molar-refractivity contribution is -0.142. The van der Waals surface area contributed by atoms with Crippen LogP contribution in [0.25, 0.3) is 12.2 Å². The van der Waals surface area contributed by atoms with Gasteiger partial charge in [0.25, 0.3) is 0 Å². The van der Waals surface area contributed by atoms with Crippen LogP contribution in [0, 0.1) is 0 Å². The van der Waals surface area contributed by atoms with Crippen molar-refractivity contribution in [2.75, 3.05) is 13.2 Å².